The monoisotopic (exact) mass is 280 g/mol. The van der Waals surface area contributed by atoms with Crippen LogP contribution in [0, 0.1) is 0 Å². The second-order valence-corrected chi connectivity index (χ2v) is 4.38. The van der Waals surface area contributed by atoms with E-state index in [1.807, 2.05) is 0 Å². The zero-order valence-corrected chi connectivity index (χ0v) is 10.4. The third-order valence-electron chi connectivity index (χ3n) is 2.34. The van der Waals surface area contributed by atoms with Crippen molar-refractivity contribution in [3.63, 3.8) is 0 Å². The third kappa shape index (κ3) is 1.98. The van der Waals surface area contributed by atoms with Crippen molar-refractivity contribution in [2.24, 2.45) is 0 Å². The van der Waals surface area contributed by atoms with Crippen molar-refractivity contribution in [2.75, 3.05) is 0 Å². The van der Waals surface area contributed by atoms with Crippen molar-refractivity contribution < 1.29 is 4.52 Å². The summed E-state index contributed by atoms with van der Waals surface area (Å²) in [4.78, 5) is 4.25. The molecule has 18 heavy (non-hydrogen) atoms. The number of aromatic amines is 1. The fourth-order valence-electron chi connectivity index (χ4n) is 1.49. The molecule has 3 aromatic rings. The van der Waals surface area contributed by atoms with Gasteiger partial charge in [-0.2, -0.15) is 10.1 Å². The van der Waals surface area contributed by atoms with Gasteiger partial charge in [0.2, 0.25) is 5.82 Å². The first kappa shape index (κ1) is 11.3. The topological polar surface area (TPSA) is 67.6 Å². The van der Waals surface area contributed by atoms with E-state index in [2.05, 4.69) is 20.3 Å². The van der Waals surface area contributed by atoms with Crippen LogP contribution in [0.5, 0.6) is 0 Å². The summed E-state index contributed by atoms with van der Waals surface area (Å²) in [5.74, 6) is 0.789. The molecule has 0 unspecified atom stereocenters. The van der Waals surface area contributed by atoms with Crippen LogP contribution in [0.4, 0.5) is 0 Å². The molecule has 0 amide bonds. The maximum Gasteiger partial charge on any atom is 0.261 e. The van der Waals surface area contributed by atoms with Crippen molar-refractivity contribution in [1.29, 1.82) is 0 Å². The van der Waals surface area contributed by atoms with Crippen molar-refractivity contribution in [3.8, 4) is 22.8 Å². The summed E-state index contributed by atoms with van der Waals surface area (Å²) < 4.78 is 5.14. The Hall–Kier alpha value is -1.85. The molecule has 0 bridgehead atoms. The minimum Gasteiger partial charge on any atom is -0.333 e. The highest BCUT2D eigenvalue weighted by atomic mass is 35.5. The lowest BCUT2D eigenvalue weighted by Crippen LogP contribution is -1.82. The van der Waals surface area contributed by atoms with Crippen LogP contribution < -0.4 is 0 Å². The molecule has 0 aliphatic carbocycles. The van der Waals surface area contributed by atoms with Crippen LogP contribution in [0.1, 0.15) is 0 Å². The highest BCUT2D eigenvalue weighted by Gasteiger charge is 2.13. The average Bonchev–Trinajstić information content (AvgIpc) is 2.99. The number of nitrogens with one attached hydrogen (secondary N) is 1. The summed E-state index contributed by atoms with van der Waals surface area (Å²) in [7, 11) is 0. The van der Waals surface area contributed by atoms with Gasteiger partial charge in [-0.1, -0.05) is 28.4 Å². The number of hydrogen-bond donors (Lipinski definition) is 1. The number of halogens is 2. The van der Waals surface area contributed by atoms with Crippen molar-refractivity contribution >= 4 is 23.2 Å². The molecule has 0 radical (unpaired) electrons. The molecule has 0 spiro atoms. The zero-order chi connectivity index (χ0) is 12.5. The number of nitrogens with zero attached hydrogens (tertiary/aromatic N) is 3. The summed E-state index contributed by atoms with van der Waals surface area (Å²) >= 11 is 11.9. The Balaban J connectivity index is 2.03. The van der Waals surface area contributed by atoms with Crippen LogP contribution in [-0.2, 0) is 0 Å². The van der Waals surface area contributed by atoms with Gasteiger partial charge < -0.3 is 4.52 Å². The Morgan fingerprint density at radius 1 is 1.22 bits per heavy atom. The van der Waals surface area contributed by atoms with Gasteiger partial charge in [0.25, 0.3) is 5.89 Å². The van der Waals surface area contributed by atoms with Gasteiger partial charge in [0.15, 0.2) is 0 Å². The summed E-state index contributed by atoms with van der Waals surface area (Å²) in [5.41, 5.74) is 1.39. The minimum absolute atomic E-state index is 0.379. The van der Waals surface area contributed by atoms with Gasteiger partial charge in [0.1, 0.15) is 0 Å². The summed E-state index contributed by atoms with van der Waals surface area (Å²) in [6.07, 6.45) is 3.27. The maximum absolute atomic E-state index is 6.07. The molecule has 0 atom stereocenters. The Bertz CT molecular complexity index is 678. The first-order valence-corrected chi connectivity index (χ1v) is 5.78. The first-order chi connectivity index (χ1) is 8.74. The third-order valence-corrected chi connectivity index (χ3v) is 2.89. The van der Waals surface area contributed by atoms with Gasteiger partial charge in [0, 0.05) is 16.8 Å². The number of aromatic nitrogens is 4. The molecule has 5 nitrogen and oxygen atoms in total. The SMILES string of the molecule is Clc1ccc(-c2noc(-c3cn[nH]c3)n2)c(Cl)c1. The lowest BCUT2D eigenvalue weighted by atomic mass is 10.2. The molecule has 7 heteroatoms. The molecule has 0 saturated heterocycles. The van der Waals surface area contributed by atoms with E-state index in [1.165, 1.54) is 0 Å². The molecular weight excluding hydrogens is 275 g/mol. The fraction of sp³-hybridized carbons (Fsp3) is 0. The minimum atomic E-state index is 0.379. The van der Waals surface area contributed by atoms with Gasteiger partial charge >= 0.3 is 0 Å². The number of benzene rings is 1. The smallest absolute Gasteiger partial charge is 0.261 e. The number of H-pyrrole nitrogens is 1. The Morgan fingerprint density at radius 2 is 2.11 bits per heavy atom. The Labute approximate surface area is 112 Å². The van der Waals surface area contributed by atoms with Gasteiger partial charge in [-0.3, -0.25) is 5.10 Å². The van der Waals surface area contributed by atoms with Gasteiger partial charge in [-0.15, -0.1) is 0 Å². The summed E-state index contributed by atoms with van der Waals surface area (Å²) in [6.45, 7) is 0. The van der Waals surface area contributed by atoms with E-state index in [4.69, 9.17) is 27.7 Å². The van der Waals surface area contributed by atoms with Gasteiger partial charge in [-0.05, 0) is 18.2 Å². The molecule has 1 N–H and O–H groups in total. The lowest BCUT2D eigenvalue weighted by Gasteiger charge is -1.98. The van der Waals surface area contributed by atoms with Crippen LogP contribution in [0.3, 0.4) is 0 Å². The van der Waals surface area contributed by atoms with Crippen LogP contribution in [-0.4, -0.2) is 20.3 Å². The molecule has 0 aliphatic rings. The van der Waals surface area contributed by atoms with Crippen LogP contribution >= 0.6 is 23.2 Å². The van der Waals surface area contributed by atoms with Crippen LogP contribution in [0.25, 0.3) is 22.8 Å². The largest absolute Gasteiger partial charge is 0.333 e. The highest BCUT2D eigenvalue weighted by Crippen LogP contribution is 2.29. The van der Waals surface area contributed by atoms with Gasteiger partial charge in [0.05, 0.1) is 16.8 Å². The first-order valence-electron chi connectivity index (χ1n) is 5.02. The fourth-order valence-corrected chi connectivity index (χ4v) is 1.98. The maximum atomic E-state index is 6.07. The second kappa shape index (κ2) is 4.44. The highest BCUT2D eigenvalue weighted by molar-refractivity contribution is 6.36. The molecule has 0 saturated carbocycles. The normalized spacial score (nSPS) is 10.8. The summed E-state index contributed by atoms with van der Waals surface area (Å²) in [5, 5.41) is 11.4. The molecule has 1 aromatic carbocycles. The van der Waals surface area contributed by atoms with E-state index in [9.17, 15) is 0 Å². The molecule has 0 aliphatic heterocycles. The van der Waals surface area contributed by atoms with Crippen molar-refractivity contribution in [2.45, 2.75) is 0 Å². The predicted octanol–water partition coefficient (Wildman–Crippen LogP) is 3.43. The Morgan fingerprint density at radius 3 is 2.83 bits per heavy atom. The van der Waals surface area contributed by atoms with Crippen LogP contribution in [0.15, 0.2) is 35.1 Å². The second-order valence-electron chi connectivity index (χ2n) is 3.53. The predicted molar refractivity (Wildman–Crippen MR) is 67.3 cm³/mol. The standard InChI is InChI=1S/C11H6Cl2N4O/c12-7-1-2-8(9(13)3-7)10-16-11(18-17-10)6-4-14-15-5-6/h1-5H,(H,14,15). The van der Waals surface area contributed by atoms with E-state index < -0.39 is 0 Å². The molecule has 2 heterocycles. The molecular formula is C11H6Cl2N4O. The Kier molecular flexibility index (Phi) is 2.77. The average molecular weight is 281 g/mol. The van der Waals surface area contributed by atoms with E-state index in [1.54, 1.807) is 30.6 Å². The van der Waals surface area contributed by atoms with E-state index in [-0.39, 0.29) is 0 Å². The molecule has 2 aromatic heterocycles. The molecule has 0 fully saturated rings. The van der Waals surface area contributed by atoms with Gasteiger partial charge in [-0.25, -0.2) is 0 Å². The van der Waals surface area contributed by atoms with E-state index in [0.29, 0.717) is 27.3 Å². The van der Waals surface area contributed by atoms with Crippen molar-refractivity contribution in [1.82, 2.24) is 20.3 Å². The van der Waals surface area contributed by atoms with Crippen molar-refractivity contribution in [3.05, 3.63) is 40.6 Å². The zero-order valence-electron chi connectivity index (χ0n) is 8.89. The summed E-state index contributed by atoms with van der Waals surface area (Å²) in [6, 6.07) is 5.09. The van der Waals surface area contributed by atoms with Crippen LogP contribution in [0.2, 0.25) is 10.0 Å². The lowest BCUT2D eigenvalue weighted by molar-refractivity contribution is 0.432. The molecule has 3 rings (SSSR count). The number of rotatable bonds is 2. The van der Waals surface area contributed by atoms with E-state index >= 15 is 0 Å². The quantitative estimate of drug-likeness (QED) is 0.781. The molecule has 90 valence electrons. The van der Waals surface area contributed by atoms with E-state index in [0.717, 1.165) is 5.56 Å². The number of hydrogen-bond acceptors (Lipinski definition) is 4.